The fourth-order valence-electron chi connectivity index (χ4n) is 2.31. The molecule has 2 rings (SSSR count). The first-order valence-electron chi connectivity index (χ1n) is 7.31. The van der Waals surface area contributed by atoms with Crippen LogP contribution in [0.2, 0.25) is 0 Å². The number of nitrogens with zero attached hydrogens (tertiary/aromatic N) is 1. The Labute approximate surface area is 125 Å². The summed E-state index contributed by atoms with van der Waals surface area (Å²) in [5.74, 6) is 1.50. The highest BCUT2D eigenvalue weighted by atomic mass is 16.5. The topological polar surface area (TPSA) is 62.8 Å². The molecular formula is C15H23N3O3. The summed E-state index contributed by atoms with van der Waals surface area (Å²) in [5.41, 5.74) is 1.05. The lowest BCUT2D eigenvalue weighted by Crippen LogP contribution is -2.32. The zero-order valence-corrected chi connectivity index (χ0v) is 12.6. The molecule has 116 valence electrons. The lowest BCUT2D eigenvalue weighted by molar-refractivity contribution is 0.199. The van der Waals surface area contributed by atoms with Crippen molar-refractivity contribution in [3.63, 3.8) is 0 Å². The standard InChI is InChI=1S/C15H23N3O3/c1-3-20-13-6-4-5-12(11-16-2)14(13)21-10-9-18-8-7-17-15(18)19/h4-6,16H,3,7-11H2,1-2H3,(H,17,19). The van der Waals surface area contributed by atoms with Crippen LogP contribution in [0.5, 0.6) is 11.5 Å². The molecule has 6 nitrogen and oxygen atoms in total. The summed E-state index contributed by atoms with van der Waals surface area (Å²) in [6.07, 6.45) is 0. The fourth-order valence-corrected chi connectivity index (χ4v) is 2.31. The number of benzene rings is 1. The highest BCUT2D eigenvalue weighted by molar-refractivity contribution is 5.76. The van der Waals surface area contributed by atoms with E-state index in [1.165, 1.54) is 0 Å². The summed E-state index contributed by atoms with van der Waals surface area (Å²) in [7, 11) is 1.89. The summed E-state index contributed by atoms with van der Waals surface area (Å²) < 4.78 is 11.5. The van der Waals surface area contributed by atoms with Gasteiger partial charge in [0.05, 0.1) is 13.2 Å². The zero-order chi connectivity index (χ0) is 15.1. The molecule has 2 N–H and O–H groups in total. The van der Waals surface area contributed by atoms with Crippen LogP contribution in [0.4, 0.5) is 4.79 Å². The Kier molecular flexibility index (Phi) is 5.68. The second-order valence-electron chi connectivity index (χ2n) is 4.78. The number of carbonyl (C=O) groups excluding carboxylic acids is 1. The van der Waals surface area contributed by atoms with Crippen molar-refractivity contribution in [1.82, 2.24) is 15.5 Å². The van der Waals surface area contributed by atoms with Gasteiger partial charge in [0.1, 0.15) is 6.61 Å². The molecule has 0 atom stereocenters. The number of nitrogens with one attached hydrogen (secondary N) is 2. The largest absolute Gasteiger partial charge is 0.490 e. The molecule has 0 saturated carbocycles. The highest BCUT2D eigenvalue weighted by Gasteiger charge is 2.19. The lowest BCUT2D eigenvalue weighted by atomic mass is 10.2. The summed E-state index contributed by atoms with van der Waals surface area (Å²) in [6.45, 7) is 5.72. The maximum atomic E-state index is 11.5. The Morgan fingerprint density at radius 2 is 2.24 bits per heavy atom. The van der Waals surface area contributed by atoms with Crippen molar-refractivity contribution in [2.75, 3.05) is 39.9 Å². The van der Waals surface area contributed by atoms with Gasteiger partial charge in [-0.1, -0.05) is 12.1 Å². The molecule has 0 bridgehead atoms. The van der Waals surface area contributed by atoms with E-state index in [4.69, 9.17) is 9.47 Å². The number of carbonyl (C=O) groups is 1. The molecule has 1 aromatic rings. The number of hydrogen-bond acceptors (Lipinski definition) is 4. The van der Waals surface area contributed by atoms with Gasteiger partial charge in [-0.05, 0) is 20.0 Å². The molecule has 1 aliphatic heterocycles. The Morgan fingerprint density at radius 3 is 2.90 bits per heavy atom. The third-order valence-electron chi connectivity index (χ3n) is 3.28. The molecular weight excluding hydrogens is 270 g/mol. The van der Waals surface area contributed by atoms with Gasteiger partial charge in [0, 0.05) is 25.2 Å². The summed E-state index contributed by atoms with van der Waals surface area (Å²) in [5, 5.41) is 5.90. The van der Waals surface area contributed by atoms with E-state index in [2.05, 4.69) is 10.6 Å². The quantitative estimate of drug-likeness (QED) is 0.756. The van der Waals surface area contributed by atoms with Gasteiger partial charge in [0.15, 0.2) is 11.5 Å². The van der Waals surface area contributed by atoms with Crippen molar-refractivity contribution in [2.24, 2.45) is 0 Å². The number of hydrogen-bond donors (Lipinski definition) is 2. The maximum absolute atomic E-state index is 11.5. The summed E-state index contributed by atoms with van der Waals surface area (Å²) in [4.78, 5) is 13.2. The second kappa shape index (κ2) is 7.73. The van der Waals surface area contributed by atoms with Crippen LogP contribution in [0.25, 0.3) is 0 Å². The smallest absolute Gasteiger partial charge is 0.317 e. The van der Waals surface area contributed by atoms with E-state index >= 15 is 0 Å². The van der Waals surface area contributed by atoms with Gasteiger partial charge in [0.2, 0.25) is 0 Å². The minimum absolute atomic E-state index is 0.0212. The third-order valence-corrected chi connectivity index (χ3v) is 3.28. The summed E-state index contributed by atoms with van der Waals surface area (Å²) >= 11 is 0. The second-order valence-corrected chi connectivity index (χ2v) is 4.78. The van der Waals surface area contributed by atoms with E-state index < -0.39 is 0 Å². The molecule has 1 aliphatic rings. The molecule has 21 heavy (non-hydrogen) atoms. The molecule has 1 heterocycles. The Balaban J connectivity index is 2.00. The maximum Gasteiger partial charge on any atom is 0.317 e. The van der Waals surface area contributed by atoms with Crippen molar-refractivity contribution in [3.8, 4) is 11.5 Å². The number of ether oxygens (including phenoxy) is 2. The predicted molar refractivity (Wildman–Crippen MR) is 80.8 cm³/mol. The van der Waals surface area contributed by atoms with Gasteiger partial charge in [-0.3, -0.25) is 0 Å². The van der Waals surface area contributed by atoms with E-state index in [-0.39, 0.29) is 6.03 Å². The first-order chi connectivity index (χ1) is 10.3. The SMILES string of the molecule is CCOc1cccc(CNC)c1OCCN1CCNC1=O. The van der Waals surface area contributed by atoms with Crippen molar-refractivity contribution < 1.29 is 14.3 Å². The number of urea groups is 1. The lowest BCUT2D eigenvalue weighted by Gasteiger charge is -2.18. The van der Waals surface area contributed by atoms with E-state index in [9.17, 15) is 4.79 Å². The normalized spacial score (nSPS) is 14.2. The molecule has 1 fully saturated rings. The number of amides is 2. The molecule has 0 spiro atoms. The zero-order valence-electron chi connectivity index (χ0n) is 12.6. The van der Waals surface area contributed by atoms with Crippen molar-refractivity contribution in [2.45, 2.75) is 13.5 Å². The minimum atomic E-state index is -0.0212. The molecule has 2 amide bonds. The Bertz CT molecular complexity index is 455. The molecule has 0 aromatic heterocycles. The van der Waals surface area contributed by atoms with Gasteiger partial charge >= 0.3 is 6.03 Å². The predicted octanol–water partition coefficient (Wildman–Crippen LogP) is 1.21. The van der Waals surface area contributed by atoms with E-state index in [1.54, 1.807) is 4.90 Å². The van der Waals surface area contributed by atoms with Crippen molar-refractivity contribution in [3.05, 3.63) is 23.8 Å². The van der Waals surface area contributed by atoms with E-state index in [0.29, 0.717) is 32.8 Å². The van der Waals surface area contributed by atoms with Crippen LogP contribution in [-0.2, 0) is 6.54 Å². The van der Waals surface area contributed by atoms with Gasteiger partial charge < -0.3 is 25.0 Å². The molecule has 6 heteroatoms. The molecule has 0 unspecified atom stereocenters. The van der Waals surface area contributed by atoms with Crippen LogP contribution in [0, 0.1) is 0 Å². The van der Waals surface area contributed by atoms with Crippen LogP contribution in [0.1, 0.15) is 12.5 Å². The molecule has 1 aromatic carbocycles. The highest BCUT2D eigenvalue weighted by Crippen LogP contribution is 2.31. The van der Waals surface area contributed by atoms with Crippen molar-refractivity contribution >= 4 is 6.03 Å². The molecule has 0 aliphatic carbocycles. The van der Waals surface area contributed by atoms with Crippen LogP contribution in [0.15, 0.2) is 18.2 Å². The van der Waals surface area contributed by atoms with Gasteiger partial charge in [-0.15, -0.1) is 0 Å². The van der Waals surface area contributed by atoms with Gasteiger partial charge in [-0.2, -0.15) is 0 Å². The van der Waals surface area contributed by atoms with Gasteiger partial charge in [0.25, 0.3) is 0 Å². The minimum Gasteiger partial charge on any atom is -0.490 e. The van der Waals surface area contributed by atoms with E-state index in [0.717, 1.165) is 23.6 Å². The van der Waals surface area contributed by atoms with Crippen molar-refractivity contribution in [1.29, 1.82) is 0 Å². The average Bonchev–Trinajstić information content (AvgIpc) is 2.88. The molecule has 0 radical (unpaired) electrons. The van der Waals surface area contributed by atoms with Crippen LogP contribution >= 0.6 is 0 Å². The monoisotopic (exact) mass is 293 g/mol. The average molecular weight is 293 g/mol. The fraction of sp³-hybridized carbons (Fsp3) is 0.533. The first-order valence-corrected chi connectivity index (χ1v) is 7.31. The molecule has 1 saturated heterocycles. The first kappa shape index (κ1) is 15.4. The van der Waals surface area contributed by atoms with Crippen LogP contribution < -0.4 is 20.1 Å². The summed E-state index contributed by atoms with van der Waals surface area (Å²) in [6, 6.07) is 5.85. The van der Waals surface area contributed by atoms with Crippen LogP contribution in [0.3, 0.4) is 0 Å². The number of para-hydroxylation sites is 1. The van der Waals surface area contributed by atoms with Crippen LogP contribution in [-0.4, -0.2) is 50.8 Å². The third kappa shape index (κ3) is 4.01. The van der Waals surface area contributed by atoms with Gasteiger partial charge in [-0.25, -0.2) is 4.79 Å². The number of rotatable bonds is 8. The Morgan fingerprint density at radius 1 is 1.38 bits per heavy atom. The van der Waals surface area contributed by atoms with E-state index in [1.807, 2.05) is 32.2 Å². The Hall–Kier alpha value is -1.95.